The first-order valence-electron chi connectivity index (χ1n) is 5.18. The second-order valence-electron chi connectivity index (χ2n) is 4.13. The minimum absolute atomic E-state index is 0.253. The first-order valence-corrected chi connectivity index (χ1v) is 5.56. The van der Waals surface area contributed by atoms with Crippen LogP contribution in [-0.4, -0.2) is 11.1 Å². The molecule has 0 heterocycles. The normalized spacial score (nSPS) is 11.9. The molecule has 3 heteroatoms. The standard InChI is InChI=1S/C13H15ClO2/c1-9(2)7-10-3-5-11(6-4-10)12(14)8-13(15)16/h3-6,8-9H,7H2,1-2H3,(H,15,16)/b12-8-. The number of rotatable bonds is 4. The number of aliphatic carboxylic acids is 1. The van der Waals surface area contributed by atoms with E-state index in [9.17, 15) is 4.79 Å². The predicted octanol–water partition coefficient (Wildman–Crippen LogP) is 3.55. The molecule has 1 aromatic carbocycles. The summed E-state index contributed by atoms with van der Waals surface area (Å²) in [7, 11) is 0. The minimum Gasteiger partial charge on any atom is -0.478 e. The van der Waals surface area contributed by atoms with E-state index in [0.29, 0.717) is 5.92 Å². The largest absolute Gasteiger partial charge is 0.478 e. The Morgan fingerprint density at radius 1 is 1.38 bits per heavy atom. The summed E-state index contributed by atoms with van der Waals surface area (Å²) in [5.74, 6) is -0.424. The van der Waals surface area contributed by atoms with Gasteiger partial charge in [-0.1, -0.05) is 49.7 Å². The molecule has 0 spiro atoms. The highest BCUT2D eigenvalue weighted by Gasteiger charge is 2.02. The molecule has 0 amide bonds. The van der Waals surface area contributed by atoms with E-state index in [-0.39, 0.29) is 5.03 Å². The molecule has 1 aromatic rings. The zero-order valence-corrected chi connectivity index (χ0v) is 10.2. The molecule has 0 saturated heterocycles. The van der Waals surface area contributed by atoms with Gasteiger partial charge in [0.2, 0.25) is 0 Å². The van der Waals surface area contributed by atoms with Gasteiger partial charge >= 0.3 is 5.97 Å². The molecule has 0 bridgehead atoms. The van der Waals surface area contributed by atoms with Crippen molar-refractivity contribution in [3.8, 4) is 0 Å². The van der Waals surface area contributed by atoms with Gasteiger partial charge in [-0.2, -0.15) is 0 Å². The highest BCUT2D eigenvalue weighted by atomic mass is 35.5. The molecule has 1 N–H and O–H groups in total. The van der Waals surface area contributed by atoms with Crippen LogP contribution < -0.4 is 0 Å². The second-order valence-corrected chi connectivity index (χ2v) is 4.53. The number of carboxylic acids is 1. The first-order chi connectivity index (χ1) is 7.49. The molecule has 1 rings (SSSR count). The zero-order chi connectivity index (χ0) is 12.1. The van der Waals surface area contributed by atoms with Crippen molar-refractivity contribution in [2.75, 3.05) is 0 Å². The summed E-state index contributed by atoms with van der Waals surface area (Å²) in [6, 6.07) is 7.65. The van der Waals surface area contributed by atoms with E-state index in [1.165, 1.54) is 5.56 Å². The molecule has 0 aromatic heterocycles. The van der Waals surface area contributed by atoms with Crippen LogP contribution in [0.1, 0.15) is 25.0 Å². The van der Waals surface area contributed by atoms with Gasteiger partial charge in [0.05, 0.1) is 5.03 Å². The van der Waals surface area contributed by atoms with Crippen LogP contribution in [0, 0.1) is 5.92 Å². The smallest absolute Gasteiger partial charge is 0.329 e. The van der Waals surface area contributed by atoms with Gasteiger partial charge in [0.15, 0.2) is 0 Å². The van der Waals surface area contributed by atoms with E-state index in [2.05, 4.69) is 13.8 Å². The lowest BCUT2D eigenvalue weighted by atomic mass is 10.0. The number of carboxylic acid groups (broad SMARTS) is 1. The van der Waals surface area contributed by atoms with Crippen LogP contribution in [0.2, 0.25) is 0 Å². The van der Waals surface area contributed by atoms with Crippen molar-refractivity contribution >= 4 is 22.6 Å². The van der Waals surface area contributed by atoms with Gasteiger partial charge in [-0.15, -0.1) is 0 Å². The van der Waals surface area contributed by atoms with Gasteiger partial charge in [-0.05, 0) is 23.5 Å². The maximum atomic E-state index is 10.4. The maximum Gasteiger partial charge on any atom is 0.329 e. The Morgan fingerprint density at radius 2 is 1.94 bits per heavy atom. The fourth-order valence-corrected chi connectivity index (χ4v) is 1.68. The average molecular weight is 239 g/mol. The average Bonchev–Trinajstić information content (AvgIpc) is 2.16. The molecule has 0 unspecified atom stereocenters. The van der Waals surface area contributed by atoms with Gasteiger partial charge in [0.1, 0.15) is 0 Å². The van der Waals surface area contributed by atoms with Crippen LogP contribution in [0.4, 0.5) is 0 Å². The van der Waals surface area contributed by atoms with Gasteiger partial charge in [-0.25, -0.2) is 4.79 Å². The Bertz CT molecular complexity index is 391. The lowest BCUT2D eigenvalue weighted by Gasteiger charge is -2.05. The fraction of sp³-hybridized carbons (Fsp3) is 0.308. The van der Waals surface area contributed by atoms with Gasteiger partial charge in [0.25, 0.3) is 0 Å². The van der Waals surface area contributed by atoms with Crippen molar-refractivity contribution in [1.29, 1.82) is 0 Å². The summed E-state index contributed by atoms with van der Waals surface area (Å²) in [5, 5.41) is 8.81. The lowest BCUT2D eigenvalue weighted by molar-refractivity contribution is -0.131. The molecular formula is C13H15ClO2. The molecule has 0 atom stereocenters. The quantitative estimate of drug-likeness (QED) is 0.815. The van der Waals surface area contributed by atoms with Crippen LogP contribution in [-0.2, 0) is 11.2 Å². The molecular weight excluding hydrogens is 224 g/mol. The van der Waals surface area contributed by atoms with Crippen molar-refractivity contribution in [2.45, 2.75) is 20.3 Å². The number of benzene rings is 1. The molecule has 0 aliphatic heterocycles. The third-order valence-electron chi connectivity index (χ3n) is 2.12. The summed E-state index contributed by atoms with van der Waals surface area (Å²) < 4.78 is 0. The molecule has 0 aliphatic rings. The van der Waals surface area contributed by atoms with Gasteiger partial charge in [-0.3, -0.25) is 0 Å². The van der Waals surface area contributed by atoms with Crippen molar-refractivity contribution in [1.82, 2.24) is 0 Å². The number of hydrogen-bond donors (Lipinski definition) is 1. The topological polar surface area (TPSA) is 37.3 Å². The third-order valence-corrected chi connectivity index (χ3v) is 2.45. The van der Waals surface area contributed by atoms with Crippen LogP contribution in [0.25, 0.3) is 5.03 Å². The Hall–Kier alpha value is -1.28. The fourth-order valence-electron chi connectivity index (χ4n) is 1.46. The van der Waals surface area contributed by atoms with Crippen LogP contribution >= 0.6 is 11.6 Å². The summed E-state index contributed by atoms with van der Waals surface area (Å²) in [6.07, 6.45) is 2.01. The first kappa shape index (κ1) is 12.8. The number of halogens is 1. The van der Waals surface area contributed by atoms with Crippen molar-refractivity contribution < 1.29 is 9.90 Å². The highest BCUT2D eigenvalue weighted by Crippen LogP contribution is 2.20. The van der Waals surface area contributed by atoms with Crippen LogP contribution in [0.5, 0.6) is 0 Å². The number of carbonyl (C=O) groups is 1. The molecule has 86 valence electrons. The van der Waals surface area contributed by atoms with Crippen LogP contribution in [0.15, 0.2) is 30.3 Å². The molecule has 0 fully saturated rings. The molecule has 0 radical (unpaired) electrons. The lowest BCUT2D eigenvalue weighted by Crippen LogP contribution is -1.94. The summed E-state index contributed by atoms with van der Waals surface area (Å²) in [6.45, 7) is 4.32. The second kappa shape index (κ2) is 5.71. The Labute approximate surface area is 101 Å². The SMILES string of the molecule is CC(C)Cc1ccc(/C(Cl)=C/C(=O)O)cc1. The van der Waals surface area contributed by atoms with E-state index in [1.807, 2.05) is 24.3 Å². The van der Waals surface area contributed by atoms with Crippen molar-refractivity contribution in [3.05, 3.63) is 41.5 Å². The van der Waals surface area contributed by atoms with E-state index < -0.39 is 5.97 Å². The third kappa shape index (κ3) is 4.07. The monoisotopic (exact) mass is 238 g/mol. The summed E-state index contributed by atoms with van der Waals surface area (Å²) in [4.78, 5) is 10.4. The Morgan fingerprint density at radius 3 is 2.38 bits per heavy atom. The maximum absolute atomic E-state index is 10.4. The summed E-state index contributed by atoms with van der Waals surface area (Å²) >= 11 is 5.84. The zero-order valence-electron chi connectivity index (χ0n) is 9.40. The molecule has 16 heavy (non-hydrogen) atoms. The minimum atomic E-state index is -1.03. The van der Waals surface area contributed by atoms with Crippen molar-refractivity contribution in [3.63, 3.8) is 0 Å². The molecule has 2 nitrogen and oxygen atoms in total. The van der Waals surface area contributed by atoms with Crippen LogP contribution in [0.3, 0.4) is 0 Å². The molecule has 0 aliphatic carbocycles. The van der Waals surface area contributed by atoms with Gasteiger partial charge in [0, 0.05) is 6.08 Å². The predicted molar refractivity (Wildman–Crippen MR) is 66.4 cm³/mol. The van der Waals surface area contributed by atoms with E-state index in [1.54, 1.807) is 0 Å². The van der Waals surface area contributed by atoms with Gasteiger partial charge < -0.3 is 5.11 Å². The Kier molecular flexibility index (Phi) is 4.56. The van der Waals surface area contributed by atoms with Crippen molar-refractivity contribution in [2.24, 2.45) is 5.92 Å². The highest BCUT2D eigenvalue weighted by molar-refractivity contribution is 6.50. The summed E-state index contributed by atoms with van der Waals surface area (Å²) in [5.41, 5.74) is 1.97. The number of hydrogen-bond acceptors (Lipinski definition) is 1. The van der Waals surface area contributed by atoms with E-state index in [0.717, 1.165) is 18.1 Å². The van der Waals surface area contributed by atoms with E-state index in [4.69, 9.17) is 16.7 Å². The van der Waals surface area contributed by atoms with E-state index >= 15 is 0 Å². The molecule has 0 saturated carbocycles. The Balaban J connectivity index is 2.82.